The molecule has 0 bridgehead atoms. The summed E-state index contributed by atoms with van der Waals surface area (Å²) in [6.07, 6.45) is 0.666. The standard InChI is InChI=1S/C22H20O3/c23-14-17-13-19(21(17)16-8-2-1-3-9-16)22(24)25-20-12-6-10-15-7-4-5-11-18(15)20/h1-12,17,19,21,23H,13-14H2/t17?,19-,21+/m1/s1. The van der Waals surface area contributed by atoms with E-state index >= 15 is 0 Å². The van der Waals surface area contributed by atoms with Crippen molar-refractivity contribution in [2.24, 2.45) is 11.8 Å². The highest BCUT2D eigenvalue weighted by molar-refractivity contribution is 5.91. The lowest BCUT2D eigenvalue weighted by molar-refractivity contribution is -0.145. The summed E-state index contributed by atoms with van der Waals surface area (Å²) in [6.45, 7) is 0.0948. The molecule has 0 aromatic heterocycles. The fourth-order valence-corrected chi connectivity index (χ4v) is 3.83. The summed E-state index contributed by atoms with van der Waals surface area (Å²) in [5.41, 5.74) is 1.09. The molecule has 1 fully saturated rings. The number of benzene rings is 3. The normalized spacial score (nSPS) is 22.4. The van der Waals surface area contributed by atoms with Gasteiger partial charge in [0.2, 0.25) is 0 Å². The van der Waals surface area contributed by atoms with E-state index in [1.807, 2.05) is 72.8 Å². The smallest absolute Gasteiger partial charge is 0.314 e. The summed E-state index contributed by atoms with van der Waals surface area (Å²) in [6, 6.07) is 23.5. The average molecular weight is 332 g/mol. The topological polar surface area (TPSA) is 46.5 Å². The number of hydrogen-bond acceptors (Lipinski definition) is 3. The first-order chi connectivity index (χ1) is 12.3. The Labute approximate surface area is 146 Å². The minimum atomic E-state index is -0.213. The van der Waals surface area contributed by atoms with E-state index in [-0.39, 0.29) is 30.3 Å². The van der Waals surface area contributed by atoms with Gasteiger partial charge in [0.1, 0.15) is 5.75 Å². The minimum Gasteiger partial charge on any atom is -0.426 e. The highest BCUT2D eigenvalue weighted by Crippen LogP contribution is 2.48. The average Bonchev–Trinajstić information content (AvgIpc) is 2.62. The lowest BCUT2D eigenvalue weighted by Crippen LogP contribution is -2.43. The Bertz CT molecular complexity index is 883. The van der Waals surface area contributed by atoms with E-state index in [2.05, 4.69) is 0 Å². The monoisotopic (exact) mass is 332 g/mol. The van der Waals surface area contributed by atoms with Crippen LogP contribution in [0, 0.1) is 11.8 Å². The molecule has 0 heterocycles. The summed E-state index contributed by atoms with van der Waals surface area (Å²) in [5.74, 6) is 0.317. The summed E-state index contributed by atoms with van der Waals surface area (Å²) < 4.78 is 5.76. The first-order valence-corrected chi connectivity index (χ1v) is 8.63. The van der Waals surface area contributed by atoms with E-state index in [0.29, 0.717) is 12.2 Å². The van der Waals surface area contributed by atoms with Crippen LogP contribution in [0.25, 0.3) is 10.8 Å². The molecule has 1 N–H and O–H groups in total. The van der Waals surface area contributed by atoms with Crippen LogP contribution < -0.4 is 4.74 Å². The van der Waals surface area contributed by atoms with Crippen LogP contribution in [-0.4, -0.2) is 17.7 Å². The van der Waals surface area contributed by atoms with Gasteiger partial charge in [0.25, 0.3) is 0 Å². The van der Waals surface area contributed by atoms with Gasteiger partial charge in [-0.3, -0.25) is 4.79 Å². The van der Waals surface area contributed by atoms with Crippen LogP contribution in [0.1, 0.15) is 17.9 Å². The SMILES string of the molecule is O=C(Oc1cccc2ccccc12)[C@@H]1CC(CO)[C@@H]1c1ccccc1. The van der Waals surface area contributed by atoms with Gasteiger partial charge in [-0.2, -0.15) is 0 Å². The molecule has 0 saturated heterocycles. The minimum absolute atomic E-state index is 0.0219. The van der Waals surface area contributed by atoms with Crippen molar-refractivity contribution in [2.75, 3.05) is 6.61 Å². The molecule has 1 aliphatic carbocycles. The van der Waals surface area contributed by atoms with Crippen molar-refractivity contribution in [3.05, 3.63) is 78.4 Å². The van der Waals surface area contributed by atoms with Gasteiger partial charge in [-0.25, -0.2) is 0 Å². The number of carbonyl (C=O) groups excluding carboxylic acids is 1. The van der Waals surface area contributed by atoms with Gasteiger partial charge in [0.05, 0.1) is 5.92 Å². The Kier molecular flexibility index (Phi) is 4.24. The predicted molar refractivity (Wildman–Crippen MR) is 97.4 cm³/mol. The molecular formula is C22H20O3. The lowest BCUT2D eigenvalue weighted by atomic mass is 9.62. The van der Waals surface area contributed by atoms with Gasteiger partial charge in [0.15, 0.2) is 0 Å². The largest absolute Gasteiger partial charge is 0.426 e. The van der Waals surface area contributed by atoms with Crippen LogP contribution in [0.3, 0.4) is 0 Å². The van der Waals surface area contributed by atoms with Crippen LogP contribution in [0.15, 0.2) is 72.8 Å². The van der Waals surface area contributed by atoms with Crippen molar-refractivity contribution < 1.29 is 14.6 Å². The maximum absolute atomic E-state index is 12.8. The first-order valence-electron chi connectivity index (χ1n) is 8.63. The van der Waals surface area contributed by atoms with Gasteiger partial charge in [0, 0.05) is 17.9 Å². The van der Waals surface area contributed by atoms with E-state index in [1.165, 1.54) is 0 Å². The molecule has 0 aliphatic heterocycles. The number of fused-ring (bicyclic) bond motifs is 1. The Morgan fingerprint density at radius 1 is 0.960 bits per heavy atom. The molecule has 4 rings (SSSR count). The van der Waals surface area contributed by atoms with E-state index in [4.69, 9.17) is 4.74 Å². The van der Waals surface area contributed by atoms with Gasteiger partial charge >= 0.3 is 5.97 Å². The lowest BCUT2D eigenvalue weighted by Gasteiger charge is -2.42. The molecule has 3 atom stereocenters. The zero-order valence-electron chi connectivity index (χ0n) is 13.8. The highest BCUT2D eigenvalue weighted by atomic mass is 16.5. The Hall–Kier alpha value is -2.65. The van der Waals surface area contributed by atoms with E-state index in [0.717, 1.165) is 16.3 Å². The zero-order valence-corrected chi connectivity index (χ0v) is 13.8. The molecule has 3 aromatic carbocycles. The van der Waals surface area contributed by atoms with Crippen LogP contribution in [0.5, 0.6) is 5.75 Å². The van der Waals surface area contributed by atoms with Crippen molar-refractivity contribution in [1.29, 1.82) is 0 Å². The summed E-state index contributed by atoms with van der Waals surface area (Å²) in [4.78, 5) is 12.8. The summed E-state index contributed by atoms with van der Waals surface area (Å²) in [5, 5.41) is 11.6. The molecule has 126 valence electrons. The Balaban J connectivity index is 1.58. The third-order valence-corrected chi connectivity index (χ3v) is 5.18. The van der Waals surface area contributed by atoms with Crippen molar-refractivity contribution >= 4 is 16.7 Å². The van der Waals surface area contributed by atoms with Gasteiger partial charge in [-0.05, 0) is 29.4 Å². The molecular weight excluding hydrogens is 312 g/mol. The zero-order chi connectivity index (χ0) is 17.2. The van der Waals surface area contributed by atoms with Gasteiger partial charge in [-0.1, -0.05) is 66.7 Å². The molecule has 25 heavy (non-hydrogen) atoms. The fraction of sp³-hybridized carbons (Fsp3) is 0.227. The second-order valence-electron chi connectivity index (χ2n) is 6.62. The van der Waals surface area contributed by atoms with Gasteiger partial charge < -0.3 is 9.84 Å². The number of rotatable bonds is 4. The fourth-order valence-electron chi connectivity index (χ4n) is 3.83. The summed E-state index contributed by atoms with van der Waals surface area (Å²) in [7, 11) is 0. The molecule has 1 aliphatic rings. The summed E-state index contributed by atoms with van der Waals surface area (Å²) >= 11 is 0. The number of carbonyl (C=O) groups is 1. The molecule has 3 nitrogen and oxygen atoms in total. The third kappa shape index (κ3) is 2.92. The van der Waals surface area contributed by atoms with Crippen molar-refractivity contribution in [1.82, 2.24) is 0 Å². The third-order valence-electron chi connectivity index (χ3n) is 5.18. The van der Waals surface area contributed by atoms with E-state index in [1.54, 1.807) is 0 Å². The van der Waals surface area contributed by atoms with Crippen LogP contribution in [0.2, 0.25) is 0 Å². The maximum Gasteiger partial charge on any atom is 0.314 e. The van der Waals surface area contributed by atoms with Crippen molar-refractivity contribution in [3.8, 4) is 5.75 Å². The number of ether oxygens (including phenoxy) is 1. The van der Waals surface area contributed by atoms with Crippen LogP contribution in [-0.2, 0) is 4.79 Å². The molecule has 0 spiro atoms. The number of esters is 1. The molecule has 1 unspecified atom stereocenters. The second kappa shape index (κ2) is 6.69. The first kappa shape index (κ1) is 15.9. The Morgan fingerprint density at radius 2 is 1.68 bits per heavy atom. The molecule has 3 heteroatoms. The highest BCUT2D eigenvalue weighted by Gasteiger charge is 2.46. The van der Waals surface area contributed by atoms with Crippen molar-refractivity contribution in [3.63, 3.8) is 0 Å². The maximum atomic E-state index is 12.8. The Morgan fingerprint density at radius 3 is 2.48 bits per heavy atom. The number of hydrogen-bond donors (Lipinski definition) is 1. The number of aliphatic hydroxyl groups is 1. The second-order valence-corrected chi connectivity index (χ2v) is 6.62. The quantitative estimate of drug-likeness (QED) is 0.576. The van der Waals surface area contributed by atoms with Crippen LogP contribution in [0.4, 0.5) is 0 Å². The van der Waals surface area contributed by atoms with E-state index < -0.39 is 0 Å². The molecule has 0 amide bonds. The van der Waals surface area contributed by atoms with Crippen molar-refractivity contribution in [2.45, 2.75) is 12.3 Å². The molecule has 1 saturated carbocycles. The van der Waals surface area contributed by atoms with Gasteiger partial charge in [-0.15, -0.1) is 0 Å². The van der Waals surface area contributed by atoms with E-state index in [9.17, 15) is 9.90 Å². The van der Waals surface area contributed by atoms with Crippen LogP contribution >= 0.6 is 0 Å². The predicted octanol–water partition coefficient (Wildman–Crippen LogP) is 4.16. The molecule has 3 aromatic rings. The number of aliphatic hydroxyl groups excluding tert-OH is 1. The molecule has 0 radical (unpaired) electrons.